The first kappa shape index (κ1) is 15.8. The quantitative estimate of drug-likeness (QED) is 0.847. The van der Waals surface area contributed by atoms with E-state index in [2.05, 4.69) is 12.2 Å². The number of carbonyl (C=O) groups is 2. The third kappa shape index (κ3) is 4.19. The average molecular weight is 311 g/mol. The van der Waals surface area contributed by atoms with Gasteiger partial charge in [-0.25, -0.2) is 4.79 Å². The van der Waals surface area contributed by atoms with Crippen molar-refractivity contribution >= 4 is 29.2 Å². The highest BCUT2D eigenvalue weighted by molar-refractivity contribution is 6.33. The molecule has 0 aliphatic heterocycles. The van der Waals surface area contributed by atoms with Gasteiger partial charge in [-0.15, -0.1) is 0 Å². The van der Waals surface area contributed by atoms with E-state index in [9.17, 15) is 9.59 Å². The molecule has 114 valence electrons. The van der Waals surface area contributed by atoms with E-state index in [0.29, 0.717) is 22.7 Å². The zero-order valence-corrected chi connectivity index (χ0v) is 12.9. The van der Waals surface area contributed by atoms with Gasteiger partial charge in [-0.05, 0) is 50.9 Å². The Hall–Kier alpha value is -1.59. The molecule has 1 aromatic carbocycles. The van der Waals surface area contributed by atoms with Crippen molar-refractivity contribution < 1.29 is 14.7 Å². The molecule has 6 heteroatoms. The molecular weight excluding hydrogens is 292 g/mol. The Labute approximate surface area is 128 Å². The summed E-state index contributed by atoms with van der Waals surface area (Å²) in [4.78, 5) is 25.0. The van der Waals surface area contributed by atoms with Crippen LogP contribution in [0.15, 0.2) is 18.2 Å². The van der Waals surface area contributed by atoms with Crippen LogP contribution in [0.25, 0.3) is 0 Å². The number of likely N-dealkylation sites (N-methyl/N-ethyl adjacent to an activating group) is 1. The number of amides is 1. The smallest absolute Gasteiger partial charge is 0.335 e. The van der Waals surface area contributed by atoms with Crippen LogP contribution in [0.2, 0.25) is 5.02 Å². The van der Waals surface area contributed by atoms with Crippen molar-refractivity contribution in [2.45, 2.75) is 25.8 Å². The van der Waals surface area contributed by atoms with Gasteiger partial charge >= 0.3 is 5.97 Å². The molecule has 1 fully saturated rings. The summed E-state index contributed by atoms with van der Waals surface area (Å²) in [7, 11) is 1.91. The Morgan fingerprint density at radius 3 is 2.71 bits per heavy atom. The van der Waals surface area contributed by atoms with Crippen LogP contribution in [0.3, 0.4) is 0 Å². The number of hydrogen-bond acceptors (Lipinski definition) is 3. The highest BCUT2D eigenvalue weighted by Crippen LogP contribution is 2.34. The fourth-order valence-electron chi connectivity index (χ4n) is 2.25. The number of anilines is 1. The molecule has 5 nitrogen and oxygen atoms in total. The maximum atomic E-state index is 12.0. The zero-order chi connectivity index (χ0) is 15.6. The molecule has 1 aliphatic rings. The summed E-state index contributed by atoms with van der Waals surface area (Å²) >= 11 is 5.98. The molecule has 1 aliphatic carbocycles. The molecular formula is C15H19ClN2O3. The third-order valence-corrected chi connectivity index (χ3v) is 4.21. The van der Waals surface area contributed by atoms with Gasteiger partial charge in [-0.2, -0.15) is 0 Å². The van der Waals surface area contributed by atoms with E-state index in [1.54, 1.807) is 0 Å². The van der Waals surface area contributed by atoms with Gasteiger partial charge in [-0.3, -0.25) is 9.69 Å². The van der Waals surface area contributed by atoms with E-state index in [1.807, 2.05) is 11.9 Å². The van der Waals surface area contributed by atoms with E-state index < -0.39 is 5.97 Å². The lowest BCUT2D eigenvalue weighted by atomic mass is 10.2. The molecule has 0 aromatic heterocycles. The summed E-state index contributed by atoms with van der Waals surface area (Å²) in [6, 6.07) is 4.61. The normalized spacial score (nSPS) is 15.8. The van der Waals surface area contributed by atoms with E-state index >= 15 is 0 Å². The van der Waals surface area contributed by atoms with E-state index in [4.69, 9.17) is 16.7 Å². The average Bonchev–Trinajstić information content (AvgIpc) is 3.24. The first-order chi connectivity index (χ1) is 9.88. The lowest BCUT2D eigenvalue weighted by Gasteiger charge is -2.23. The monoisotopic (exact) mass is 310 g/mol. The number of nitrogens with zero attached hydrogens (tertiary/aromatic N) is 1. The standard InChI is InChI=1S/C15H19ClN2O3/c1-9(10-3-4-10)18(2)8-14(19)17-13-7-11(15(20)21)5-6-12(13)16/h5-7,9-10H,3-4,8H2,1-2H3,(H,17,19)(H,20,21). The summed E-state index contributed by atoms with van der Waals surface area (Å²) in [6.07, 6.45) is 2.44. The molecule has 1 saturated carbocycles. The largest absolute Gasteiger partial charge is 0.478 e. The highest BCUT2D eigenvalue weighted by atomic mass is 35.5. The van der Waals surface area contributed by atoms with Gasteiger partial charge in [0, 0.05) is 6.04 Å². The minimum atomic E-state index is -1.05. The van der Waals surface area contributed by atoms with E-state index in [1.165, 1.54) is 31.0 Å². The van der Waals surface area contributed by atoms with Crippen LogP contribution >= 0.6 is 11.6 Å². The summed E-state index contributed by atoms with van der Waals surface area (Å²) in [5.41, 5.74) is 0.420. The number of halogens is 1. The van der Waals surface area contributed by atoms with E-state index in [0.717, 1.165) is 0 Å². The van der Waals surface area contributed by atoms with Crippen LogP contribution in [0.4, 0.5) is 5.69 Å². The number of benzene rings is 1. The molecule has 0 bridgehead atoms. The van der Waals surface area contributed by atoms with Crippen LogP contribution in [0.5, 0.6) is 0 Å². The Kier molecular flexibility index (Phi) is 4.85. The van der Waals surface area contributed by atoms with Crippen molar-refractivity contribution in [2.75, 3.05) is 18.9 Å². The first-order valence-electron chi connectivity index (χ1n) is 6.91. The first-order valence-corrected chi connectivity index (χ1v) is 7.29. The Bertz CT molecular complexity index is 558. The van der Waals surface area contributed by atoms with Gasteiger partial charge < -0.3 is 10.4 Å². The SMILES string of the molecule is CC(C1CC1)N(C)CC(=O)Nc1cc(C(=O)O)ccc1Cl. The summed E-state index contributed by atoms with van der Waals surface area (Å²) in [5, 5.41) is 12.0. The maximum absolute atomic E-state index is 12.0. The highest BCUT2D eigenvalue weighted by Gasteiger charge is 2.31. The second kappa shape index (κ2) is 6.45. The summed E-state index contributed by atoms with van der Waals surface area (Å²) in [5.74, 6) is -0.571. The van der Waals surface area contributed by atoms with Crippen LogP contribution in [0.1, 0.15) is 30.1 Å². The molecule has 2 N–H and O–H groups in total. The predicted molar refractivity (Wildman–Crippen MR) is 81.9 cm³/mol. The van der Waals surface area contributed by atoms with Crippen molar-refractivity contribution in [1.82, 2.24) is 4.90 Å². The van der Waals surface area contributed by atoms with Gasteiger partial charge in [-0.1, -0.05) is 11.6 Å². The Balaban J connectivity index is 1.98. The van der Waals surface area contributed by atoms with Crippen LogP contribution in [-0.2, 0) is 4.79 Å². The number of nitrogens with one attached hydrogen (secondary N) is 1. The maximum Gasteiger partial charge on any atom is 0.335 e. The Morgan fingerprint density at radius 2 is 2.14 bits per heavy atom. The number of carboxylic acids is 1. The number of carbonyl (C=O) groups excluding carboxylic acids is 1. The van der Waals surface area contributed by atoms with Gasteiger partial charge in [0.15, 0.2) is 0 Å². The fourth-order valence-corrected chi connectivity index (χ4v) is 2.42. The third-order valence-electron chi connectivity index (χ3n) is 3.88. The number of aromatic carboxylic acids is 1. The Morgan fingerprint density at radius 1 is 1.48 bits per heavy atom. The van der Waals surface area contributed by atoms with Crippen molar-refractivity contribution in [2.24, 2.45) is 5.92 Å². The number of carboxylic acid groups (broad SMARTS) is 1. The van der Waals surface area contributed by atoms with Crippen LogP contribution in [0, 0.1) is 5.92 Å². The van der Waals surface area contributed by atoms with Crippen molar-refractivity contribution in [3.8, 4) is 0 Å². The molecule has 2 rings (SSSR count). The summed E-state index contributed by atoms with van der Waals surface area (Å²) < 4.78 is 0. The minimum Gasteiger partial charge on any atom is -0.478 e. The minimum absolute atomic E-state index is 0.0920. The second-order valence-electron chi connectivity index (χ2n) is 5.54. The molecule has 1 aromatic rings. The molecule has 0 spiro atoms. The molecule has 1 amide bonds. The predicted octanol–water partition coefficient (Wildman–Crippen LogP) is 2.71. The molecule has 21 heavy (non-hydrogen) atoms. The molecule has 1 unspecified atom stereocenters. The molecule has 1 atom stereocenters. The van der Waals surface area contributed by atoms with E-state index in [-0.39, 0.29) is 18.0 Å². The van der Waals surface area contributed by atoms with Gasteiger partial charge in [0.1, 0.15) is 0 Å². The molecule has 0 heterocycles. The fraction of sp³-hybridized carbons (Fsp3) is 0.467. The van der Waals surface area contributed by atoms with Crippen LogP contribution < -0.4 is 5.32 Å². The van der Waals surface area contributed by atoms with Crippen molar-refractivity contribution in [3.63, 3.8) is 0 Å². The lowest BCUT2D eigenvalue weighted by molar-refractivity contribution is -0.117. The second-order valence-corrected chi connectivity index (χ2v) is 5.95. The molecule has 0 radical (unpaired) electrons. The van der Waals surface area contributed by atoms with Gasteiger partial charge in [0.05, 0.1) is 22.8 Å². The zero-order valence-electron chi connectivity index (χ0n) is 12.1. The van der Waals surface area contributed by atoms with Crippen LogP contribution in [-0.4, -0.2) is 41.5 Å². The van der Waals surface area contributed by atoms with Gasteiger partial charge in [0.25, 0.3) is 0 Å². The number of rotatable bonds is 6. The molecule has 0 saturated heterocycles. The lowest BCUT2D eigenvalue weighted by Crippen LogP contribution is -2.37. The van der Waals surface area contributed by atoms with Gasteiger partial charge in [0.2, 0.25) is 5.91 Å². The van der Waals surface area contributed by atoms with Crippen molar-refractivity contribution in [1.29, 1.82) is 0 Å². The van der Waals surface area contributed by atoms with Crippen molar-refractivity contribution in [3.05, 3.63) is 28.8 Å². The number of hydrogen-bond donors (Lipinski definition) is 2. The topological polar surface area (TPSA) is 69.6 Å². The summed E-state index contributed by atoms with van der Waals surface area (Å²) in [6.45, 7) is 2.37.